The van der Waals surface area contributed by atoms with Gasteiger partial charge >= 0.3 is 0 Å². The third-order valence-electron chi connectivity index (χ3n) is 2.57. The van der Waals surface area contributed by atoms with Gasteiger partial charge in [-0.2, -0.15) is 5.10 Å². The van der Waals surface area contributed by atoms with E-state index in [-0.39, 0.29) is 0 Å². The number of aromatic nitrogens is 3. The molecule has 0 saturated heterocycles. The van der Waals surface area contributed by atoms with Crippen molar-refractivity contribution in [3.63, 3.8) is 0 Å². The minimum atomic E-state index is 0.619. The highest BCUT2D eigenvalue weighted by molar-refractivity contribution is 6.32. The maximum absolute atomic E-state index is 6.23. The molecule has 0 saturated carbocycles. The van der Waals surface area contributed by atoms with Crippen LogP contribution in [0.2, 0.25) is 5.02 Å². The fraction of sp³-hybridized carbons (Fsp3) is 0.385. The summed E-state index contributed by atoms with van der Waals surface area (Å²) in [6.45, 7) is 5.87. The minimum absolute atomic E-state index is 0.619. The molecular weight excluding hydrogens is 248 g/mol. The van der Waals surface area contributed by atoms with Gasteiger partial charge in [0.2, 0.25) is 0 Å². The molecule has 0 bridgehead atoms. The van der Waals surface area contributed by atoms with E-state index in [1.54, 1.807) is 4.68 Å². The quantitative estimate of drug-likeness (QED) is 0.845. The largest absolute Gasteiger partial charge is 0.313 e. The molecule has 0 unspecified atom stereocenters. The number of hydrogen-bond donors (Lipinski definition) is 1. The van der Waals surface area contributed by atoms with Crippen molar-refractivity contribution in [2.45, 2.75) is 26.8 Å². The molecule has 0 aliphatic rings. The summed E-state index contributed by atoms with van der Waals surface area (Å²) in [5.74, 6) is 0.670. The molecule has 0 radical (unpaired) electrons. The summed E-state index contributed by atoms with van der Waals surface area (Å²) in [6, 6.07) is 3.86. The lowest BCUT2D eigenvalue weighted by Gasteiger charge is -2.07. The number of pyridine rings is 1. The molecule has 2 aromatic rings. The molecular formula is C13H17ClN4. The molecule has 0 fully saturated rings. The van der Waals surface area contributed by atoms with Crippen molar-refractivity contribution >= 4 is 11.6 Å². The van der Waals surface area contributed by atoms with Crippen molar-refractivity contribution in [2.24, 2.45) is 0 Å². The van der Waals surface area contributed by atoms with Gasteiger partial charge in [0.15, 0.2) is 5.82 Å². The van der Waals surface area contributed by atoms with Crippen molar-refractivity contribution in [2.75, 3.05) is 6.54 Å². The van der Waals surface area contributed by atoms with Gasteiger partial charge in [-0.1, -0.05) is 18.5 Å². The zero-order valence-electron chi connectivity index (χ0n) is 10.7. The average molecular weight is 265 g/mol. The van der Waals surface area contributed by atoms with Gasteiger partial charge in [-0.25, -0.2) is 9.67 Å². The van der Waals surface area contributed by atoms with E-state index in [1.165, 1.54) is 0 Å². The van der Waals surface area contributed by atoms with Crippen LogP contribution in [0.15, 0.2) is 24.5 Å². The Morgan fingerprint density at radius 1 is 1.44 bits per heavy atom. The van der Waals surface area contributed by atoms with Gasteiger partial charge < -0.3 is 5.32 Å². The van der Waals surface area contributed by atoms with Gasteiger partial charge in [0, 0.05) is 18.9 Å². The summed E-state index contributed by atoms with van der Waals surface area (Å²) in [5.41, 5.74) is 2.03. The lowest BCUT2D eigenvalue weighted by molar-refractivity contribution is 0.673. The van der Waals surface area contributed by atoms with Gasteiger partial charge in [-0.3, -0.25) is 0 Å². The molecule has 5 heteroatoms. The number of nitrogens with one attached hydrogen (secondary N) is 1. The molecule has 4 nitrogen and oxygen atoms in total. The van der Waals surface area contributed by atoms with E-state index in [0.717, 1.165) is 30.8 Å². The van der Waals surface area contributed by atoms with Crippen LogP contribution in [0.1, 0.15) is 24.6 Å². The molecule has 0 atom stereocenters. The van der Waals surface area contributed by atoms with E-state index in [1.807, 2.05) is 31.5 Å². The highest BCUT2D eigenvalue weighted by Gasteiger charge is 2.06. The second-order valence-corrected chi connectivity index (χ2v) is 4.63. The Labute approximate surface area is 112 Å². The standard InChI is InChI=1S/C13H17ClN4/c1-3-5-15-8-11-7-12(14)13(16-9-11)18-6-4-10(2)17-18/h4,6-7,9,15H,3,5,8H2,1-2H3. The van der Waals surface area contributed by atoms with E-state index in [9.17, 15) is 0 Å². The maximum atomic E-state index is 6.23. The molecule has 2 aromatic heterocycles. The summed E-state index contributed by atoms with van der Waals surface area (Å²) in [7, 11) is 0. The van der Waals surface area contributed by atoms with Crippen LogP contribution in [0, 0.1) is 6.92 Å². The monoisotopic (exact) mass is 264 g/mol. The lowest BCUT2D eigenvalue weighted by atomic mass is 10.2. The van der Waals surface area contributed by atoms with Crippen LogP contribution in [0.5, 0.6) is 0 Å². The first-order valence-electron chi connectivity index (χ1n) is 6.08. The predicted molar refractivity (Wildman–Crippen MR) is 73.1 cm³/mol. The summed E-state index contributed by atoms with van der Waals surface area (Å²) in [4.78, 5) is 4.37. The van der Waals surface area contributed by atoms with Crippen molar-refractivity contribution in [3.8, 4) is 5.82 Å². The molecule has 0 aliphatic carbocycles. The Morgan fingerprint density at radius 2 is 2.28 bits per heavy atom. The van der Waals surface area contributed by atoms with Gasteiger partial charge in [0.05, 0.1) is 10.7 Å². The SMILES string of the molecule is CCCNCc1cnc(-n2ccc(C)n2)c(Cl)c1. The van der Waals surface area contributed by atoms with E-state index in [2.05, 4.69) is 22.3 Å². The normalized spacial score (nSPS) is 10.8. The number of nitrogens with zero attached hydrogens (tertiary/aromatic N) is 3. The van der Waals surface area contributed by atoms with Gasteiger partial charge in [-0.15, -0.1) is 0 Å². The van der Waals surface area contributed by atoms with Crippen LogP contribution < -0.4 is 5.32 Å². The highest BCUT2D eigenvalue weighted by atomic mass is 35.5. The van der Waals surface area contributed by atoms with Crippen LogP contribution in [-0.4, -0.2) is 21.3 Å². The van der Waals surface area contributed by atoms with Crippen molar-refractivity contribution in [1.29, 1.82) is 0 Å². The summed E-state index contributed by atoms with van der Waals surface area (Å²) in [6.07, 6.45) is 4.81. The van der Waals surface area contributed by atoms with Crippen molar-refractivity contribution in [3.05, 3.63) is 40.8 Å². The van der Waals surface area contributed by atoms with E-state index in [0.29, 0.717) is 10.8 Å². The lowest BCUT2D eigenvalue weighted by Crippen LogP contribution is -2.14. The molecule has 2 rings (SSSR count). The molecule has 0 aliphatic heterocycles. The zero-order valence-corrected chi connectivity index (χ0v) is 11.4. The molecule has 0 amide bonds. The third kappa shape index (κ3) is 3.09. The first kappa shape index (κ1) is 13.1. The maximum Gasteiger partial charge on any atom is 0.172 e. The summed E-state index contributed by atoms with van der Waals surface area (Å²) >= 11 is 6.23. The molecule has 2 heterocycles. The zero-order chi connectivity index (χ0) is 13.0. The third-order valence-corrected chi connectivity index (χ3v) is 2.85. The number of rotatable bonds is 5. The van der Waals surface area contributed by atoms with Crippen LogP contribution in [0.4, 0.5) is 0 Å². The smallest absolute Gasteiger partial charge is 0.172 e. The Morgan fingerprint density at radius 3 is 2.89 bits per heavy atom. The van der Waals surface area contributed by atoms with E-state index >= 15 is 0 Å². The van der Waals surface area contributed by atoms with Crippen LogP contribution in [-0.2, 0) is 6.54 Å². The number of aryl methyl sites for hydroxylation is 1. The number of hydrogen-bond acceptors (Lipinski definition) is 3. The first-order chi connectivity index (χ1) is 8.70. The predicted octanol–water partition coefficient (Wildman–Crippen LogP) is 2.73. The molecule has 1 N–H and O–H groups in total. The van der Waals surface area contributed by atoms with Gasteiger partial charge in [0.25, 0.3) is 0 Å². The molecule has 0 spiro atoms. The topological polar surface area (TPSA) is 42.7 Å². The Bertz CT molecular complexity index is 521. The Hall–Kier alpha value is -1.39. The fourth-order valence-electron chi connectivity index (χ4n) is 1.68. The van der Waals surface area contributed by atoms with Gasteiger partial charge in [0.1, 0.15) is 0 Å². The van der Waals surface area contributed by atoms with Crippen molar-refractivity contribution in [1.82, 2.24) is 20.1 Å². The van der Waals surface area contributed by atoms with Gasteiger partial charge in [-0.05, 0) is 37.6 Å². The van der Waals surface area contributed by atoms with Crippen LogP contribution in [0.3, 0.4) is 0 Å². The molecule has 96 valence electrons. The number of halogens is 1. The summed E-state index contributed by atoms with van der Waals surface area (Å²) in [5, 5.41) is 8.24. The van der Waals surface area contributed by atoms with Crippen LogP contribution in [0.25, 0.3) is 5.82 Å². The minimum Gasteiger partial charge on any atom is -0.313 e. The second-order valence-electron chi connectivity index (χ2n) is 4.23. The van der Waals surface area contributed by atoms with Crippen molar-refractivity contribution < 1.29 is 0 Å². The Balaban J connectivity index is 2.15. The average Bonchev–Trinajstić information content (AvgIpc) is 2.76. The molecule has 0 aromatic carbocycles. The highest BCUT2D eigenvalue weighted by Crippen LogP contribution is 2.18. The van der Waals surface area contributed by atoms with E-state index in [4.69, 9.17) is 11.6 Å². The van der Waals surface area contributed by atoms with Crippen LogP contribution >= 0.6 is 11.6 Å². The fourth-order valence-corrected chi connectivity index (χ4v) is 1.95. The molecule has 18 heavy (non-hydrogen) atoms. The van der Waals surface area contributed by atoms with E-state index < -0.39 is 0 Å². The summed E-state index contributed by atoms with van der Waals surface area (Å²) < 4.78 is 1.70. The Kier molecular flexibility index (Phi) is 4.33. The second kappa shape index (κ2) is 5.98. The first-order valence-corrected chi connectivity index (χ1v) is 6.46.